The van der Waals surface area contributed by atoms with Crippen molar-refractivity contribution in [3.63, 3.8) is 0 Å². The molecule has 1 aromatic heterocycles. The van der Waals surface area contributed by atoms with E-state index in [0.29, 0.717) is 36.0 Å². The quantitative estimate of drug-likeness (QED) is 0.904. The molecule has 6 heteroatoms. The van der Waals surface area contributed by atoms with Crippen LogP contribution in [0, 0.1) is 19.8 Å². The largest absolute Gasteiger partial charge is 0.361 e. The van der Waals surface area contributed by atoms with Crippen molar-refractivity contribution in [1.29, 1.82) is 0 Å². The van der Waals surface area contributed by atoms with Crippen LogP contribution in [0.25, 0.3) is 0 Å². The fourth-order valence-corrected chi connectivity index (χ4v) is 2.65. The molecular weight excluding hydrogens is 258 g/mol. The van der Waals surface area contributed by atoms with Crippen molar-refractivity contribution < 1.29 is 14.1 Å². The SMILES string of the molecule is CC(=O)NC[C@@H]1CCCN(C(=O)c2c(C)noc2C)C1. The van der Waals surface area contributed by atoms with Gasteiger partial charge in [-0.3, -0.25) is 9.59 Å². The van der Waals surface area contributed by atoms with E-state index < -0.39 is 0 Å². The lowest BCUT2D eigenvalue weighted by molar-refractivity contribution is -0.119. The number of carbonyl (C=O) groups is 2. The molecule has 0 bridgehead atoms. The Morgan fingerprint density at radius 1 is 1.45 bits per heavy atom. The maximum atomic E-state index is 12.5. The fraction of sp³-hybridized carbons (Fsp3) is 0.643. The molecule has 0 saturated carbocycles. The van der Waals surface area contributed by atoms with Crippen LogP contribution in [0.1, 0.15) is 41.6 Å². The Hall–Kier alpha value is -1.85. The number of amides is 2. The van der Waals surface area contributed by atoms with Crippen molar-refractivity contribution in [2.75, 3.05) is 19.6 Å². The average molecular weight is 279 g/mol. The zero-order valence-electron chi connectivity index (χ0n) is 12.2. The number of nitrogens with one attached hydrogen (secondary N) is 1. The predicted octanol–water partition coefficient (Wildman–Crippen LogP) is 1.28. The summed E-state index contributed by atoms with van der Waals surface area (Å²) in [5, 5.41) is 6.66. The number of hydrogen-bond acceptors (Lipinski definition) is 4. The van der Waals surface area contributed by atoms with Gasteiger partial charge in [0.1, 0.15) is 11.3 Å². The molecule has 1 aliphatic heterocycles. The molecule has 1 aromatic rings. The maximum absolute atomic E-state index is 12.5. The summed E-state index contributed by atoms with van der Waals surface area (Å²) in [5.74, 6) is 0.835. The summed E-state index contributed by atoms with van der Waals surface area (Å²) in [6.45, 7) is 7.09. The van der Waals surface area contributed by atoms with Gasteiger partial charge in [0.2, 0.25) is 5.91 Å². The minimum Gasteiger partial charge on any atom is -0.361 e. The average Bonchev–Trinajstić information content (AvgIpc) is 2.75. The molecule has 6 nitrogen and oxygen atoms in total. The van der Waals surface area contributed by atoms with E-state index in [1.807, 2.05) is 4.90 Å². The van der Waals surface area contributed by atoms with Crippen LogP contribution in [0.2, 0.25) is 0 Å². The number of aromatic nitrogens is 1. The van der Waals surface area contributed by atoms with Crippen LogP contribution in [-0.2, 0) is 4.79 Å². The van der Waals surface area contributed by atoms with Crippen molar-refractivity contribution in [2.24, 2.45) is 5.92 Å². The fourth-order valence-electron chi connectivity index (χ4n) is 2.65. The standard InChI is InChI=1S/C14H21N3O3/c1-9-13(10(2)20-16-9)14(19)17-6-4-5-12(8-17)7-15-11(3)18/h12H,4-8H2,1-3H3,(H,15,18)/t12-/m0/s1. The summed E-state index contributed by atoms with van der Waals surface area (Å²) in [5.41, 5.74) is 1.21. The first-order valence-electron chi connectivity index (χ1n) is 6.95. The number of hydrogen-bond donors (Lipinski definition) is 1. The molecule has 1 N–H and O–H groups in total. The third-order valence-electron chi connectivity index (χ3n) is 3.69. The Kier molecular flexibility index (Phi) is 4.42. The molecule has 0 spiro atoms. The third kappa shape index (κ3) is 3.18. The van der Waals surface area contributed by atoms with Crippen molar-refractivity contribution >= 4 is 11.8 Å². The predicted molar refractivity (Wildman–Crippen MR) is 73.3 cm³/mol. The van der Waals surface area contributed by atoms with E-state index in [1.54, 1.807) is 13.8 Å². The first-order valence-corrected chi connectivity index (χ1v) is 6.95. The van der Waals surface area contributed by atoms with Crippen LogP contribution in [0.4, 0.5) is 0 Å². The summed E-state index contributed by atoms with van der Waals surface area (Å²) < 4.78 is 5.06. The first kappa shape index (κ1) is 14.6. The van der Waals surface area contributed by atoms with Gasteiger partial charge in [-0.25, -0.2) is 0 Å². The molecule has 0 aromatic carbocycles. The Morgan fingerprint density at radius 3 is 2.80 bits per heavy atom. The van der Waals surface area contributed by atoms with Crippen LogP contribution in [0.3, 0.4) is 0 Å². The van der Waals surface area contributed by atoms with E-state index in [9.17, 15) is 9.59 Å². The van der Waals surface area contributed by atoms with E-state index >= 15 is 0 Å². The highest BCUT2D eigenvalue weighted by Crippen LogP contribution is 2.21. The van der Waals surface area contributed by atoms with Gasteiger partial charge in [0.05, 0.1) is 5.69 Å². The van der Waals surface area contributed by atoms with Gasteiger partial charge in [0, 0.05) is 26.6 Å². The Balaban J connectivity index is 2.02. The zero-order chi connectivity index (χ0) is 14.7. The summed E-state index contributed by atoms with van der Waals surface area (Å²) in [4.78, 5) is 25.3. The molecule has 0 aliphatic carbocycles. The van der Waals surface area contributed by atoms with Gasteiger partial charge in [-0.05, 0) is 32.6 Å². The molecule has 1 atom stereocenters. The second-order valence-corrected chi connectivity index (χ2v) is 5.40. The van der Waals surface area contributed by atoms with Gasteiger partial charge in [0.15, 0.2) is 0 Å². The van der Waals surface area contributed by atoms with Crippen LogP contribution in [0.15, 0.2) is 4.52 Å². The topological polar surface area (TPSA) is 75.4 Å². The molecule has 0 unspecified atom stereocenters. The van der Waals surface area contributed by atoms with Crippen molar-refractivity contribution in [3.05, 3.63) is 17.0 Å². The highest BCUT2D eigenvalue weighted by Gasteiger charge is 2.28. The molecule has 1 saturated heterocycles. The van der Waals surface area contributed by atoms with Crippen LogP contribution < -0.4 is 5.32 Å². The van der Waals surface area contributed by atoms with E-state index in [1.165, 1.54) is 6.92 Å². The third-order valence-corrected chi connectivity index (χ3v) is 3.69. The number of rotatable bonds is 3. The Morgan fingerprint density at radius 2 is 2.20 bits per heavy atom. The monoisotopic (exact) mass is 279 g/mol. The van der Waals surface area contributed by atoms with E-state index in [4.69, 9.17) is 4.52 Å². The van der Waals surface area contributed by atoms with Gasteiger partial charge in [-0.15, -0.1) is 0 Å². The van der Waals surface area contributed by atoms with Crippen LogP contribution >= 0.6 is 0 Å². The number of piperidine rings is 1. The summed E-state index contributed by atoms with van der Waals surface area (Å²) >= 11 is 0. The van der Waals surface area contributed by atoms with Crippen molar-refractivity contribution in [2.45, 2.75) is 33.6 Å². The van der Waals surface area contributed by atoms with E-state index in [0.717, 1.165) is 19.4 Å². The molecule has 110 valence electrons. The molecule has 20 heavy (non-hydrogen) atoms. The summed E-state index contributed by atoms with van der Waals surface area (Å²) in [6.07, 6.45) is 1.99. The van der Waals surface area contributed by atoms with Crippen LogP contribution in [-0.4, -0.2) is 41.5 Å². The number of likely N-dealkylation sites (tertiary alicyclic amines) is 1. The van der Waals surface area contributed by atoms with Crippen LogP contribution in [0.5, 0.6) is 0 Å². The van der Waals surface area contributed by atoms with Gasteiger partial charge in [0.25, 0.3) is 5.91 Å². The minimum absolute atomic E-state index is 0.0197. The molecule has 1 fully saturated rings. The maximum Gasteiger partial charge on any atom is 0.259 e. The Labute approximate surface area is 118 Å². The lowest BCUT2D eigenvalue weighted by Crippen LogP contribution is -2.43. The highest BCUT2D eigenvalue weighted by molar-refractivity contribution is 5.96. The highest BCUT2D eigenvalue weighted by atomic mass is 16.5. The summed E-state index contributed by atoms with van der Waals surface area (Å²) in [7, 11) is 0. The van der Waals surface area contributed by atoms with Gasteiger partial charge < -0.3 is 14.7 Å². The smallest absolute Gasteiger partial charge is 0.259 e. The van der Waals surface area contributed by atoms with Crippen molar-refractivity contribution in [1.82, 2.24) is 15.4 Å². The normalized spacial score (nSPS) is 18.9. The number of nitrogens with zero attached hydrogens (tertiary/aromatic N) is 2. The lowest BCUT2D eigenvalue weighted by atomic mass is 9.97. The van der Waals surface area contributed by atoms with Gasteiger partial charge in [-0.2, -0.15) is 0 Å². The van der Waals surface area contributed by atoms with Gasteiger partial charge >= 0.3 is 0 Å². The van der Waals surface area contributed by atoms with Crippen molar-refractivity contribution in [3.8, 4) is 0 Å². The van der Waals surface area contributed by atoms with Gasteiger partial charge in [-0.1, -0.05) is 5.16 Å². The minimum atomic E-state index is -0.0285. The Bertz CT molecular complexity index is 490. The lowest BCUT2D eigenvalue weighted by Gasteiger charge is -2.32. The second-order valence-electron chi connectivity index (χ2n) is 5.40. The molecule has 0 radical (unpaired) electrons. The summed E-state index contributed by atoms with van der Waals surface area (Å²) in [6, 6.07) is 0. The molecule has 2 rings (SSSR count). The zero-order valence-corrected chi connectivity index (χ0v) is 12.2. The number of aryl methyl sites for hydroxylation is 2. The van der Waals surface area contributed by atoms with E-state index in [2.05, 4.69) is 10.5 Å². The second kappa shape index (κ2) is 6.07. The molecule has 1 aliphatic rings. The molecule has 2 amide bonds. The molecular formula is C14H21N3O3. The molecule has 2 heterocycles. The van der Waals surface area contributed by atoms with E-state index in [-0.39, 0.29) is 11.8 Å². The number of carbonyl (C=O) groups excluding carboxylic acids is 2. The first-order chi connectivity index (χ1) is 9.49.